The molecule has 104 valence electrons. The van der Waals surface area contributed by atoms with E-state index in [-0.39, 0.29) is 0 Å². The number of pyridine rings is 1. The molecule has 0 unspecified atom stereocenters. The van der Waals surface area contributed by atoms with Crippen LogP contribution >= 0.6 is 11.8 Å². The Morgan fingerprint density at radius 1 is 1.37 bits per heavy atom. The Hall–Kier alpha value is -0.740. The Bertz CT molecular complexity index is 423. The van der Waals surface area contributed by atoms with Crippen molar-refractivity contribution in [1.29, 1.82) is 0 Å². The first-order valence-corrected chi connectivity index (χ1v) is 8.50. The van der Waals surface area contributed by atoms with E-state index < -0.39 is 0 Å². The van der Waals surface area contributed by atoms with Crippen LogP contribution in [0.3, 0.4) is 0 Å². The van der Waals surface area contributed by atoms with Crippen molar-refractivity contribution in [3.05, 3.63) is 23.5 Å². The Morgan fingerprint density at radius 3 is 3.11 bits per heavy atom. The van der Waals surface area contributed by atoms with Crippen molar-refractivity contribution in [2.45, 2.75) is 38.8 Å². The highest BCUT2D eigenvalue weighted by molar-refractivity contribution is 7.99. The number of nitrogens with zero attached hydrogens (tertiary/aromatic N) is 2. The van der Waals surface area contributed by atoms with Gasteiger partial charge in [0.25, 0.3) is 0 Å². The molecule has 2 aliphatic rings. The normalized spacial score (nSPS) is 20.4. The van der Waals surface area contributed by atoms with E-state index in [0.29, 0.717) is 0 Å². The number of nitrogens with one attached hydrogen (secondary N) is 1. The number of hydrogen-bond donors (Lipinski definition) is 1. The zero-order valence-electron chi connectivity index (χ0n) is 11.7. The van der Waals surface area contributed by atoms with Crippen LogP contribution in [0, 0.1) is 6.92 Å². The van der Waals surface area contributed by atoms with Crippen molar-refractivity contribution in [3.8, 4) is 0 Å². The van der Waals surface area contributed by atoms with Crippen LogP contribution in [-0.2, 0) is 6.54 Å². The fourth-order valence-electron chi connectivity index (χ4n) is 2.53. The van der Waals surface area contributed by atoms with Gasteiger partial charge in [0.2, 0.25) is 0 Å². The SMILES string of the molecule is Cc1cc(N2CCCSCC2)c(CNC2CC2)cn1. The third kappa shape index (κ3) is 3.63. The quantitative estimate of drug-likeness (QED) is 0.915. The minimum Gasteiger partial charge on any atom is -0.370 e. The lowest BCUT2D eigenvalue weighted by Gasteiger charge is -2.25. The molecule has 0 amide bonds. The topological polar surface area (TPSA) is 28.2 Å². The van der Waals surface area contributed by atoms with Gasteiger partial charge in [-0.2, -0.15) is 11.8 Å². The van der Waals surface area contributed by atoms with Crippen LogP contribution < -0.4 is 10.2 Å². The average molecular weight is 277 g/mol. The van der Waals surface area contributed by atoms with Crippen LogP contribution in [0.1, 0.15) is 30.5 Å². The van der Waals surface area contributed by atoms with E-state index in [1.165, 1.54) is 55.1 Å². The summed E-state index contributed by atoms with van der Waals surface area (Å²) in [6.07, 6.45) is 6.05. The van der Waals surface area contributed by atoms with E-state index in [9.17, 15) is 0 Å². The van der Waals surface area contributed by atoms with Crippen LogP contribution in [0.4, 0.5) is 5.69 Å². The van der Waals surface area contributed by atoms with Gasteiger partial charge in [-0.05, 0) is 38.0 Å². The molecule has 1 N–H and O–H groups in total. The van der Waals surface area contributed by atoms with Gasteiger partial charge in [0.15, 0.2) is 0 Å². The minimum absolute atomic E-state index is 0.758. The second kappa shape index (κ2) is 6.14. The van der Waals surface area contributed by atoms with E-state index in [1.54, 1.807) is 0 Å². The lowest BCUT2D eigenvalue weighted by Crippen LogP contribution is -2.28. The summed E-state index contributed by atoms with van der Waals surface area (Å²) in [5.74, 6) is 2.55. The van der Waals surface area contributed by atoms with Crippen molar-refractivity contribution in [1.82, 2.24) is 10.3 Å². The molecule has 2 fully saturated rings. The highest BCUT2D eigenvalue weighted by Gasteiger charge is 2.21. The summed E-state index contributed by atoms with van der Waals surface area (Å²) in [6, 6.07) is 3.02. The van der Waals surface area contributed by atoms with Crippen molar-refractivity contribution in [2.24, 2.45) is 0 Å². The Labute approximate surface area is 120 Å². The third-order valence-corrected chi connectivity index (χ3v) is 4.87. The number of hydrogen-bond acceptors (Lipinski definition) is 4. The van der Waals surface area contributed by atoms with E-state index in [2.05, 4.69) is 46.1 Å². The van der Waals surface area contributed by atoms with Gasteiger partial charge in [0, 0.05) is 54.6 Å². The molecule has 0 radical (unpaired) electrons. The van der Waals surface area contributed by atoms with Gasteiger partial charge in [-0.25, -0.2) is 0 Å². The zero-order valence-corrected chi connectivity index (χ0v) is 12.5. The zero-order chi connectivity index (χ0) is 13.1. The molecule has 1 aliphatic carbocycles. The number of rotatable bonds is 4. The summed E-state index contributed by atoms with van der Waals surface area (Å²) in [7, 11) is 0. The number of anilines is 1. The Kier molecular flexibility index (Phi) is 4.28. The fraction of sp³-hybridized carbons (Fsp3) is 0.667. The maximum atomic E-state index is 4.48. The van der Waals surface area contributed by atoms with Crippen molar-refractivity contribution in [2.75, 3.05) is 29.5 Å². The second-order valence-electron chi connectivity index (χ2n) is 5.56. The van der Waals surface area contributed by atoms with E-state index in [1.807, 2.05) is 0 Å². The summed E-state index contributed by atoms with van der Waals surface area (Å²) < 4.78 is 0. The summed E-state index contributed by atoms with van der Waals surface area (Å²) in [5.41, 5.74) is 3.90. The summed E-state index contributed by atoms with van der Waals surface area (Å²) in [6.45, 7) is 5.42. The second-order valence-corrected chi connectivity index (χ2v) is 6.79. The van der Waals surface area contributed by atoms with Gasteiger partial charge in [0.05, 0.1) is 0 Å². The molecule has 0 bridgehead atoms. The predicted molar refractivity (Wildman–Crippen MR) is 83.0 cm³/mol. The number of thioether (sulfide) groups is 1. The summed E-state index contributed by atoms with van der Waals surface area (Å²) in [4.78, 5) is 7.04. The molecule has 1 aromatic rings. The van der Waals surface area contributed by atoms with Gasteiger partial charge in [-0.1, -0.05) is 0 Å². The molecule has 3 rings (SSSR count). The lowest BCUT2D eigenvalue weighted by molar-refractivity contribution is 0.680. The molecule has 1 aromatic heterocycles. The van der Waals surface area contributed by atoms with Crippen LogP contribution in [0.15, 0.2) is 12.3 Å². The minimum atomic E-state index is 0.758. The van der Waals surface area contributed by atoms with Crippen molar-refractivity contribution >= 4 is 17.4 Å². The van der Waals surface area contributed by atoms with Crippen LogP contribution in [0.2, 0.25) is 0 Å². The molecule has 1 saturated carbocycles. The molecule has 4 heteroatoms. The highest BCUT2D eigenvalue weighted by atomic mass is 32.2. The van der Waals surface area contributed by atoms with Crippen molar-refractivity contribution < 1.29 is 0 Å². The monoisotopic (exact) mass is 277 g/mol. The standard InChI is InChI=1S/C15H23N3S/c1-12-9-15(18-5-2-7-19-8-6-18)13(10-16-12)11-17-14-3-4-14/h9-10,14,17H,2-8,11H2,1H3. The Balaban J connectivity index is 1.77. The number of aromatic nitrogens is 1. The molecular formula is C15H23N3S. The third-order valence-electron chi connectivity index (χ3n) is 3.82. The molecule has 1 saturated heterocycles. The van der Waals surface area contributed by atoms with Gasteiger partial charge >= 0.3 is 0 Å². The van der Waals surface area contributed by atoms with E-state index >= 15 is 0 Å². The molecule has 19 heavy (non-hydrogen) atoms. The van der Waals surface area contributed by atoms with E-state index in [4.69, 9.17) is 0 Å². The molecule has 0 aromatic carbocycles. The maximum absolute atomic E-state index is 4.48. The first-order chi connectivity index (χ1) is 9.33. The molecule has 1 aliphatic heterocycles. The maximum Gasteiger partial charge on any atom is 0.0445 e. The van der Waals surface area contributed by atoms with E-state index in [0.717, 1.165) is 18.3 Å². The van der Waals surface area contributed by atoms with Gasteiger partial charge in [-0.15, -0.1) is 0 Å². The van der Waals surface area contributed by atoms with Crippen LogP contribution in [-0.4, -0.2) is 35.6 Å². The van der Waals surface area contributed by atoms with Crippen molar-refractivity contribution in [3.63, 3.8) is 0 Å². The van der Waals surface area contributed by atoms with Gasteiger partial charge in [0.1, 0.15) is 0 Å². The largest absolute Gasteiger partial charge is 0.370 e. The lowest BCUT2D eigenvalue weighted by atomic mass is 10.1. The molecular weight excluding hydrogens is 254 g/mol. The fourth-order valence-corrected chi connectivity index (χ4v) is 3.42. The molecule has 0 spiro atoms. The number of aryl methyl sites for hydroxylation is 1. The van der Waals surface area contributed by atoms with Gasteiger partial charge in [-0.3, -0.25) is 4.98 Å². The highest BCUT2D eigenvalue weighted by Crippen LogP contribution is 2.25. The molecule has 0 atom stereocenters. The molecule has 3 nitrogen and oxygen atoms in total. The average Bonchev–Trinajstić information content (AvgIpc) is 3.24. The first-order valence-electron chi connectivity index (χ1n) is 7.34. The smallest absolute Gasteiger partial charge is 0.0445 e. The summed E-state index contributed by atoms with van der Waals surface area (Å²) >= 11 is 2.08. The summed E-state index contributed by atoms with van der Waals surface area (Å²) in [5, 5.41) is 3.62. The van der Waals surface area contributed by atoms with Crippen LogP contribution in [0.25, 0.3) is 0 Å². The Morgan fingerprint density at radius 2 is 2.26 bits per heavy atom. The molecule has 2 heterocycles. The predicted octanol–water partition coefficient (Wildman–Crippen LogP) is 2.59. The van der Waals surface area contributed by atoms with Gasteiger partial charge < -0.3 is 10.2 Å². The first kappa shape index (κ1) is 13.3. The van der Waals surface area contributed by atoms with Crippen LogP contribution in [0.5, 0.6) is 0 Å².